The third kappa shape index (κ3) is 3.45. The van der Waals surface area contributed by atoms with Gasteiger partial charge in [-0.15, -0.1) is 0 Å². The minimum Gasteiger partial charge on any atom is -0.480 e. The van der Waals surface area contributed by atoms with E-state index in [9.17, 15) is 9.59 Å². The van der Waals surface area contributed by atoms with Crippen LogP contribution in [0.1, 0.15) is 45.4 Å². The smallest absolute Gasteiger partial charge is 0.328 e. The van der Waals surface area contributed by atoms with Crippen molar-refractivity contribution in [3.63, 3.8) is 0 Å². The summed E-state index contributed by atoms with van der Waals surface area (Å²) in [6.07, 6.45) is 5.73. The average Bonchev–Trinajstić information content (AvgIpc) is 2.38. The Kier molecular flexibility index (Phi) is 5.59. The number of hydrogen-bond donors (Lipinski definition) is 2. The zero-order chi connectivity index (χ0) is 13.6. The molecule has 1 aliphatic carbocycles. The first-order valence-corrected chi connectivity index (χ1v) is 6.58. The molecule has 0 aromatic heterocycles. The Morgan fingerprint density at radius 3 is 2.39 bits per heavy atom. The van der Waals surface area contributed by atoms with Crippen molar-refractivity contribution >= 4 is 11.9 Å². The van der Waals surface area contributed by atoms with Crippen LogP contribution in [0, 0.1) is 5.41 Å². The summed E-state index contributed by atoms with van der Waals surface area (Å²) in [6.45, 7) is 2.00. The van der Waals surface area contributed by atoms with Gasteiger partial charge in [0.2, 0.25) is 5.91 Å². The molecule has 0 aromatic rings. The van der Waals surface area contributed by atoms with Gasteiger partial charge in [-0.05, 0) is 19.3 Å². The lowest BCUT2D eigenvalue weighted by atomic mass is 9.71. The summed E-state index contributed by atoms with van der Waals surface area (Å²) < 4.78 is 4.82. The second-order valence-corrected chi connectivity index (χ2v) is 5.01. The zero-order valence-corrected chi connectivity index (χ0v) is 11.2. The molecular formula is C13H23NO4. The Morgan fingerprint density at radius 2 is 1.94 bits per heavy atom. The number of rotatable bonds is 6. The van der Waals surface area contributed by atoms with Gasteiger partial charge in [-0.3, -0.25) is 4.79 Å². The fourth-order valence-electron chi connectivity index (χ4n) is 2.62. The van der Waals surface area contributed by atoms with Crippen LogP contribution in [0.25, 0.3) is 0 Å². The third-order valence-electron chi connectivity index (χ3n) is 3.91. The van der Waals surface area contributed by atoms with Gasteiger partial charge in [-0.25, -0.2) is 4.79 Å². The summed E-state index contributed by atoms with van der Waals surface area (Å²) in [5.74, 6) is -1.18. The maximum atomic E-state index is 12.3. The van der Waals surface area contributed by atoms with Crippen LogP contribution >= 0.6 is 0 Å². The Balaban J connectivity index is 2.68. The number of nitrogens with one attached hydrogen (secondary N) is 1. The lowest BCUT2D eigenvalue weighted by molar-refractivity contribution is -0.146. The molecule has 0 aliphatic heterocycles. The molecule has 1 amide bonds. The van der Waals surface area contributed by atoms with Gasteiger partial charge in [0, 0.05) is 12.5 Å². The topological polar surface area (TPSA) is 75.6 Å². The van der Waals surface area contributed by atoms with E-state index >= 15 is 0 Å². The summed E-state index contributed by atoms with van der Waals surface area (Å²) in [5, 5.41) is 11.6. The van der Waals surface area contributed by atoms with Gasteiger partial charge in [0.25, 0.3) is 0 Å². The predicted octanol–water partition coefficient (Wildman–Crippen LogP) is 1.56. The predicted molar refractivity (Wildman–Crippen MR) is 67.3 cm³/mol. The van der Waals surface area contributed by atoms with E-state index in [0.717, 1.165) is 38.5 Å². The second-order valence-electron chi connectivity index (χ2n) is 5.01. The summed E-state index contributed by atoms with van der Waals surface area (Å²) >= 11 is 0. The number of hydrogen-bond acceptors (Lipinski definition) is 3. The molecule has 1 unspecified atom stereocenters. The molecular weight excluding hydrogens is 234 g/mol. The van der Waals surface area contributed by atoms with Crippen LogP contribution in [0.4, 0.5) is 0 Å². The molecule has 0 heterocycles. The van der Waals surface area contributed by atoms with Gasteiger partial charge in [0.05, 0.1) is 6.61 Å². The summed E-state index contributed by atoms with van der Waals surface area (Å²) in [4.78, 5) is 23.3. The molecule has 1 atom stereocenters. The minimum atomic E-state index is -1.05. The third-order valence-corrected chi connectivity index (χ3v) is 3.91. The lowest BCUT2D eigenvalue weighted by Crippen LogP contribution is -2.50. The first-order valence-electron chi connectivity index (χ1n) is 6.58. The van der Waals surface area contributed by atoms with Crippen molar-refractivity contribution in [2.75, 3.05) is 13.7 Å². The molecule has 5 nitrogen and oxygen atoms in total. The fourth-order valence-corrected chi connectivity index (χ4v) is 2.62. The highest BCUT2D eigenvalue weighted by Crippen LogP contribution is 2.39. The van der Waals surface area contributed by atoms with Crippen LogP contribution in [0.3, 0.4) is 0 Å². The maximum absolute atomic E-state index is 12.3. The number of carbonyl (C=O) groups excluding carboxylic acids is 1. The standard InChI is InChI=1S/C13H23NO4/c1-3-13(7-5-4-6-8-13)12(17)14-10(9-18-2)11(15)16/h10H,3-9H2,1-2H3,(H,14,17)(H,15,16). The minimum absolute atomic E-state index is 0.000861. The lowest BCUT2D eigenvalue weighted by Gasteiger charge is -2.35. The van der Waals surface area contributed by atoms with E-state index in [2.05, 4.69) is 5.32 Å². The molecule has 1 saturated carbocycles. The molecule has 18 heavy (non-hydrogen) atoms. The molecule has 0 aromatic carbocycles. The highest BCUT2D eigenvalue weighted by atomic mass is 16.5. The van der Waals surface area contributed by atoms with Crippen LogP contribution in [-0.4, -0.2) is 36.7 Å². The number of methoxy groups -OCH3 is 1. The van der Waals surface area contributed by atoms with Crippen molar-refractivity contribution in [2.24, 2.45) is 5.41 Å². The van der Waals surface area contributed by atoms with Crippen molar-refractivity contribution in [2.45, 2.75) is 51.5 Å². The van der Waals surface area contributed by atoms with Crippen LogP contribution < -0.4 is 5.32 Å². The summed E-state index contributed by atoms with van der Waals surface area (Å²) in [5.41, 5.74) is -0.375. The van der Waals surface area contributed by atoms with Crippen molar-refractivity contribution in [3.8, 4) is 0 Å². The molecule has 0 radical (unpaired) electrons. The van der Waals surface area contributed by atoms with E-state index in [4.69, 9.17) is 9.84 Å². The average molecular weight is 257 g/mol. The normalized spacial score (nSPS) is 20.1. The first-order chi connectivity index (χ1) is 8.55. The molecule has 0 saturated heterocycles. The van der Waals surface area contributed by atoms with Crippen molar-refractivity contribution in [1.82, 2.24) is 5.32 Å². The van der Waals surface area contributed by atoms with Crippen LogP contribution in [0.15, 0.2) is 0 Å². The van der Waals surface area contributed by atoms with Crippen LogP contribution in [0.5, 0.6) is 0 Å². The van der Waals surface area contributed by atoms with E-state index < -0.39 is 12.0 Å². The van der Waals surface area contributed by atoms with Crippen molar-refractivity contribution in [1.29, 1.82) is 0 Å². The zero-order valence-electron chi connectivity index (χ0n) is 11.2. The Hall–Kier alpha value is -1.10. The van der Waals surface area contributed by atoms with Gasteiger partial charge >= 0.3 is 5.97 Å². The van der Waals surface area contributed by atoms with E-state index in [1.54, 1.807) is 0 Å². The molecule has 1 fully saturated rings. The SMILES string of the molecule is CCC1(C(=O)NC(COC)C(=O)O)CCCCC1. The molecule has 0 spiro atoms. The number of aliphatic carboxylic acids is 1. The maximum Gasteiger partial charge on any atom is 0.328 e. The van der Waals surface area contributed by atoms with Crippen LogP contribution in [-0.2, 0) is 14.3 Å². The number of carboxylic acid groups (broad SMARTS) is 1. The first kappa shape index (κ1) is 15.0. The monoisotopic (exact) mass is 257 g/mol. The second kappa shape index (κ2) is 6.73. The van der Waals surface area contributed by atoms with E-state index in [1.807, 2.05) is 6.92 Å². The Labute approximate surface area is 108 Å². The highest BCUT2D eigenvalue weighted by molar-refractivity contribution is 5.87. The number of amides is 1. The quantitative estimate of drug-likeness (QED) is 0.757. The molecule has 1 rings (SSSR count). The van der Waals surface area contributed by atoms with E-state index in [-0.39, 0.29) is 17.9 Å². The largest absolute Gasteiger partial charge is 0.480 e. The molecule has 0 bridgehead atoms. The van der Waals surface area contributed by atoms with Gasteiger partial charge in [-0.1, -0.05) is 26.2 Å². The summed E-state index contributed by atoms with van der Waals surface area (Å²) in [7, 11) is 1.43. The van der Waals surface area contributed by atoms with Gasteiger partial charge in [0.1, 0.15) is 0 Å². The highest BCUT2D eigenvalue weighted by Gasteiger charge is 2.39. The van der Waals surface area contributed by atoms with Crippen LogP contribution in [0.2, 0.25) is 0 Å². The summed E-state index contributed by atoms with van der Waals surface area (Å²) in [6, 6.07) is -0.951. The van der Waals surface area contributed by atoms with E-state index in [1.165, 1.54) is 7.11 Å². The Bertz CT molecular complexity index is 297. The van der Waals surface area contributed by atoms with Crippen molar-refractivity contribution < 1.29 is 19.4 Å². The van der Waals surface area contributed by atoms with Gasteiger partial charge < -0.3 is 15.2 Å². The fraction of sp³-hybridized carbons (Fsp3) is 0.846. The number of ether oxygens (including phenoxy) is 1. The molecule has 1 aliphatic rings. The molecule has 104 valence electrons. The molecule has 2 N–H and O–H groups in total. The number of carbonyl (C=O) groups is 2. The molecule has 5 heteroatoms. The van der Waals surface area contributed by atoms with Gasteiger partial charge in [-0.2, -0.15) is 0 Å². The van der Waals surface area contributed by atoms with Gasteiger partial charge in [0.15, 0.2) is 6.04 Å². The van der Waals surface area contributed by atoms with Crippen molar-refractivity contribution in [3.05, 3.63) is 0 Å². The number of carboxylic acids is 1. The Morgan fingerprint density at radius 1 is 1.33 bits per heavy atom. The van der Waals surface area contributed by atoms with E-state index in [0.29, 0.717) is 0 Å².